The van der Waals surface area contributed by atoms with E-state index in [1.807, 2.05) is 24.3 Å². The van der Waals surface area contributed by atoms with Crippen LogP contribution >= 0.6 is 15.9 Å². The zero-order valence-electron chi connectivity index (χ0n) is 14.1. The van der Waals surface area contributed by atoms with E-state index in [1.54, 1.807) is 0 Å². The number of carbonyl (C=O) groups excluding carboxylic acids is 1. The highest BCUT2D eigenvalue weighted by atomic mass is 79.9. The van der Waals surface area contributed by atoms with Crippen LogP contribution in [0.1, 0.15) is 38.5 Å². The van der Waals surface area contributed by atoms with Crippen molar-refractivity contribution in [3.05, 3.63) is 28.7 Å². The van der Waals surface area contributed by atoms with Crippen molar-refractivity contribution in [2.24, 2.45) is 0 Å². The zero-order valence-corrected chi connectivity index (χ0v) is 15.7. The Hall–Kier alpha value is -1.07. The van der Waals surface area contributed by atoms with Gasteiger partial charge in [0.25, 0.3) is 5.91 Å². The van der Waals surface area contributed by atoms with E-state index in [4.69, 9.17) is 4.74 Å². The Morgan fingerprint density at radius 3 is 2.35 bits per heavy atom. The van der Waals surface area contributed by atoms with Crippen molar-refractivity contribution < 1.29 is 9.53 Å². The molecule has 0 saturated heterocycles. The van der Waals surface area contributed by atoms with Crippen LogP contribution in [-0.4, -0.2) is 43.6 Å². The molecule has 0 aliphatic heterocycles. The molecule has 1 N–H and O–H groups in total. The van der Waals surface area contributed by atoms with Gasteiger partial charge in [0.1, 0.15) is 5.75 Å². The molecule has 1 aromatic carbocycles. The van der Waals surface area contributed by atoms with Crippen molar-refractivity contribution in [1.29, 1.82) is 0 Å². The minimum absolute atomic E-state index is 0.0570. The number of rotatable bonds is 6. The van der Waals surface area contributed by atoms with Gasteiger partial charge in [0.2, 0.25) is 0 Å². The second kappa shape index (κ2) is 8.69. The Balaban J connectivity index is 1.82. The Morgan fingerprint density at radius 2 is 1.78 bits per heavy atom. The summed E-state index contributed by atoms with van der Waals surface area (Å²) in [6.45, 7) is 0.758. The number of amides is 1. The molecule has 0 heterocycles. The largest absolute Gasteiger partial charge is 0.484 e. The van der Waals surface area contributed by atoms with Crippen LogP contribution in [0.15, 0.2) is 28.7 Å². The number of hydrogen-bond donors (Lipinski definition) is 1. The molecule has 2 rings (SSSR count). The first kappa shape index (κ1) is 18.3. The van der Waals surface area contributed by atoms with Crippen molar-refractivity contribution >= 4 is 21.8 Å². The molecule has 1 saturated carbocycles. The molecule has 0 atom stereocenters. The fourth-order valence-electron chi connectivity index (χ4n) is 3.16. The van der Waals surface area contributed by atoms with Gasteiger partial charge in [0, 0.05) is 16.6 Å². The van der Waals surface area contributed by atoms with Crippen LogP contribution in [-0.2, 0) is 4.79 Å². The zero-order chi connectivity index (χ0) is 16.7. The molecule has 1 aliphatic carbocycles. The average molecular weight is 383 g/mol. The summed E-state index contributed by atoms with van der Waals surface area (Å²) in [7, 11) is 4.24. The number of carbonyl (C=O) groups is 1. The van der Waals surface area contributed by atoms with Crippen LogP contribution < -0.4 is 10.1 Å². The van der Waals surface area contributed by atoms with Gasteiger partial charge >= 0.3 is 0 Å². The number of halogens is 1. The maximum atomic E-state index is 12.1. The van der Waals surface area contributed by atoms with Crippen molar-refractivity contribution in [1.82, 2.24) is 10.2 Å². The van der Waals surface area contributed by atoms with Gasteiger partial charge < -0.3 is 15.0 Å². The molecule has 23 heavy (non-hydrogen) atoms. The van der Waals surface area contributed by atoms with Gasteiger partial charge in [-0.1, -0.05) is 41.6 Å². The summed E-state index contributed by atoms with van der Waals surface area (Å²) in [6, 6.07) is 7.51. The Morgan fingerprint density at radius 1 is 1.17 bits per heavy atom. The minimum atomic E-state index is -0.0570. The van der Waals surface area contributed by atoms with E-state index in [9.17, 15) is 4.79 Å². The third kappa shape index (κ3) is 5.50. The van der Waals surface area contributed by atoms with Crippen molar-refractivity contribution in [3.8, 4) is 5.75 Å². The number of nitrogens with one attached hydrogen (secondary N) is 1. The highest BCUT2D eigenvalue weighted by Crippen LogP contribution is 2.30. The van der Waals surface area contributed by atoms with Gasteiger partial charge in [-0.25, -0.2) is 0 Å². The Labute approximate surface area is 147 Å². The molecule has 5 heteroatoms. The fraction of sp³-hybridized carbons (Fsp3) is 0.611. The van der Waals surface area contributed by atoms with E-state index in [1.165, 1.54) is 25.7 Å². The lowest BCUT2D eigenvalue weighted by atomic mass is 9.88. The van der Waals surface area contributed by atoms with E-state index in [0.717, 1.165) is 17.3 Å². The highest BCUT2D eigenvalue weighted by molar-refractivity contribution is 9.10. The Kier molecular flexibility index (Phi) is 6.90. The molecule has 1 amide bonds. The van der Waals surface area contributed by atoms with E-state index in [2.05, 4.69) is 40.2 Å². The van der Waals surface area contributed by atoms with Gasteiger partial charge in [-0.05, 0) is 51.2 Å². The smallest absolute Gasteiger partial charge is 0.258 e. The Bertz CT molecular complexity index is 494. The number of nitrogens with zero attached hydrogens (tertiary/aromatic N) is 1. The molecular weight excluding hydrogens is 356 g/mol. The number of benzene rings is 1. The van der Waals surface area contributed by atoms with Gasteiger partial charge in [-0.3, -0.25) is 4.79 Å². The fourth-order valence-corrected chi connectivity index (χ4v) is 3.43. The summed E-state index contributed by atoms with van der Waals surface area (Å²) in [4.78, 5) is 14.4. The standard InChI is InChI=1S/C18H27BrN2O2/c1-21(2)18(11-5-3-4-6-12-18)14-20-17(22)13-23-16-9-7-15(19)8-10-16/h7-10H,3-6,11-14H2,1-2H3,(H,20,22). The second-order valence-corrected chi connectivity index (χ2v) is 7.47. The summed E-state index contributed by atoms with van der Waals surface area (Å²) in [5, 5.41) is 3.07. The molecule has 0 bridgehead atoms. The molecule has 1 aromatic rings. The monoisotopic (exact) mass is 382 g/mol. The molecule has 1 fully saturated rings. The van der Waals surface area contributed by atoms with Gasteiger partial charge in [-0.15, -0.1) is 0 Å². The topological polar surface area (TPSA) is 41.6 Å². The van der Waals surface area contributed by atoms with Crippen molar-refractivity contribution in [2.45, 2.75) is 44.1 Å². The van der Waals surface area contributed by atoms with Crippen molar-refractivity contribution in [2.75, 3.05) is 27.2 Å². The van der Waals surface area contributed by atoms with Crippen LogP contribution in [0.3, 0.4) is 0 Å². The van der Waals surface area contributed by atoms with Crippen LogP contribution in [0.2, 0.25) is 0 Å². The summed E-state index contributed by atoms with van der Waals surface area (Å²) in [5.41, 5.74) is 0.0871. The van der Waals surface area contributed by atoms with Crippen LogP contribution in [0, 0.1) is 0 Å². The lowest BCUT2D eigenvalue weighted by Gasteiger charge is -2.39. The van der Waals surface area contributed by atoms with E-state index in [0.29, 0.717) is 12.3 Å². The maximum Gasteiger partial charge on any atom is 0.258 e. The third-order valence-electron chi connectivity index (χ3n) is 4.78. The highest BCUT2D eigenvalue weighted by Gasteiger charge is 2.33. The maximum absolute atomic E-state index is 12.1. The van der Waals surface area contributed by atoms with Crippen LogP contribution in [0.25, 0.3) is 0 Å². The summed E-state index contributed by atoms with van der Waals surface area (Å²) in [6.07, 6.45) is 7.38. The lowest BCUT2D eigenvalue weighted by molar-refractivity contribution is -0.123. The first-order valence-corrected chi connectivity index (χ1v) is 9.14. The molecule has 0 unspecified atom stereocenters. The van der Waals surface area contributed by atoms with Gasteiger partial charge in [0.05, 0.1) is 0 Å². The second-order valence-electron chi connectivity index (χ2n) is 6.55. The van der Waals surface area contributed by atoms with Crippen molar-refractivity contribution in [3.63, 3.8) is 0 Å². The predicted octanol–water partition coefficient (Wildman–Crippen LogP) is 3.60. The molecule has 0 spiro atoms. The predicted molar refractivity (Wildman–Crippen MR) is 96.8 cm³/mol. The van der Waals surface area contributed by atoms with Gasteiger partial charge in [-0.2, -0.15) is 0 Å². The molecule has 1 aliphatic rings. The molecule has 4 nitrogen and oxygen atoms in total. The van der Waals surface area contributed by atoms with Gasteiger partial charge in [0.15, 0.2) is 6.61 Å². The van der Waals surface area contributed by atoms with E-state index < -0.39 is 0 Å². The normalized spacial score (nSPS) is 17.6. The number of likely N-dealkylation sites (N-methyl/N-ethyl adjacent to an activating group) is 1. The van der Waals surface area contributed by atoms with E-state index in [-0.39, 0.29) is 18.1 Å². The average Bonchev–Trinajstić information content (AvgIpc) is 2.79. The minimum Gasteiger partial charge on any atom is -0.484 e. The van der Waals surface area contributed by atoms with Crippen LogP contribution in [0.5, 0.6) is 5.75 Å². The summed E-state index contributed by atoms with van der Waals surface area (Å²) >= 11 is 3.38. The SMILES string of the molecule is CN(C)C1(CNC(=O)COc2ccc(Br)cc2)CCCCCC1. The summed E-state index contributed by atoms with van der Waals surface area (Å²) < 4.78 is 6.53. The molecule has 128 valence electrons. The molecular formula is C18H27BrN2O2. The summed E-state index contributed by atoms with van der Waals surface area (Å²) in [5.74, 6) is 0.651. The quantitative estimate of drug-likeness (QED) is 0.764. The lowest BCUT2D eigenvalue weighted by Crippen LogP contribution is -2.53. The van der Waals surface area contributed by atoms with Crippen LogP contribution in [0.4, 0.5) is 0 Å². The van der Waals surface area contributed by atoms with E-state index >= 15 is 0 Å². The number of hydrogen-bond acceptors (Lipinski definition) is 3. The first-order chi connectivity index (χ1) is 11.0. The molecule has 0 aromatic heterocycles. The number of ether oxygens (including phenoxy) is 1. The third-order valence-corrected chi connectivity index (χ3v) is 5.31. The molecule has 0 radical (unpaired) electrons. The first-order valence-electron chi connectivity index (χ1n) is 8.34.